The molecule has 0 bridgehead atoms. The fourth-order valence-electron chi connectivity index (χ4n) is 9.72. The summed E-state index contributed by atoms with van der Waals surface area (Å²) in [7, 11) is 0. The van der Waals surface area contributed by atoms with Crippen LogP contribution in [0.2, 0.25) is 0 Å². The molecule has 5 fully saturated rings. The summed E-state index contributed by atoms with van der Waals surface area (Å²) in [6.07, 6.45) is 9.77. The molecule has 0 amide bonds. The Bertz CT molecular complexity index is 952. The highest BCUT2D eigenvalue weighted by Crippen LogP contribution is 2.70. The van der Waals surface area contributed by atoms with Crippen LogP contribution < -0.4 is 0 Å². The molecule has 0 radical (unpaired) electrons. The van der Waals surface area contributed by atoms with E-state index in [0.717, 1.165) is 44.9 Å². The van der Waals surface area contributed by atoms with Gasteiger partial charge in [-0.15, -0.1) is 0 Å². The van der Waals surface area contributed by atoms with Gasteiger partial charge in [-0.05, 0) is 69.1 Å². The van der Waals surface area contributed by atoms with Gasteiger partial charge < -0.3 is 14.2 Å². The van der Waals surface area contributed by atoms with Crippen LogP contribution in [-0.2, 0) is 23.8 Å². The van der Waals surface area contributed by atoms with Gasteiger partial charge in [-0.3, -0.25) is 9.59 Å². The maximum Gasteiger partial charge on any atom is 0.302 e. The van der Waals surface area contributed by atoms with Gasteiger partial charge in [0.1, 0.15) is 11.9 Å². The average Bonchev–Trinajstić information content (AvgIpc) is 3.32. The molecule has 2 aliphatic heterocycles. The first-order valence-corrected chi connectivity index (χ1v) is 13.7. The van der Waals surface area contributed by atoms with Crippen molar-refractivity contribution < 1.29 is 23.8 Å². The van der Waals surface area contributed by atoms with Gasteiger partial charge in [0.05, 0.1) is 11.7 Å². The molecule has 5 heteroatoms. The molecule has 0 N–H and O–H groups in total. The van der Waals surface area contributed by atoms with Gasteiger partial charge in [-0.2, -0.15) is 0 Å². The van der Waals surface area contributed by atoms with Gasteiger partial charge in [0.15, 0.2) is 5.79 Å². The second-order valence-corrected chi connectivity index (χ2v) is 13.5. The molecular weight excluding hydrogens is 428 g/mol. The lowest BCUT2D eigenvalue weighted by molar-refractivity contribution is -0.245. The highest BCUT2D eigenvalue weighted by molar-refractivity contribution is 5.79. The summed E-state index contributed by atoms with van der Waals surface area (Å²) >= 11 is 0. The zero-order valence-corrected chi connectivity index (χ0v) is 21.8. The predicted molar refractivity (Wildman–Crippen MR) is 128 cm³/mol. The molecule has 5 nitrogen and oxygen atoms in total. The number of carbonyl (C=O) groups excluding carboxylic acids is 2. The van der Waals surface area contributed by atoms with Gasteiger partial charge in [0, 0.05) is 43.4 Å². The van der Waals surface area contributed by atoms with Gasteiger partial charge in [0.2, 0.25) is 0 Å². The zero-order valence-electron chi connectivity index (χ0n) is 21.8. The Labute approximate surface area is 204 Å². The number of esters is 1. The smallest absolute Gasteiger partial charge is 0.302 e. The third kappa shape index (κ3) is 2.98. The van der Waals surface area contributed by atoms with Crippen LogP contribution in [0.5, 0.6) is 0 Å². The zero-order chi connectivity index (χ0) is 24.3. The van der Waals surface area contributed by atoms with Crippen LogP contribution in [-0.4, -0.2) is 35.3 Å². The molecule has 34 heavy (non-hydrogen) atoms. The highest BCUT2D eigenvalue weighted by atomic mass is 16.7. The molecule has 6 rings (SSSR count). The molecule has 3 saturated carbocycles. The molecule has 0 unspecified atom stereocenters. The number of Topliss-reactive ketones (excluding diaryl/α,β-unsaturated/α-hetero) is 1. The lowest BCUT2D eigenvalue weighted by Gasteiger charge is -2.60. The van der Waals surface area contributed by atoms with Gasteiger partial charge >= 0.3 is 5.97 Å². The van der Waals surface area contributed by atoms with Crippen molar-refractivity contribution in [2.45, 2.75) is 117 Å². The van der Waals surface area contributed by atoms with Crippen molar-refractivity contribution in [2.75, 3.05) is 0 Å². The van der Waals surface area contributed by atoms with Crippen LogP contribution in [0.25, 0.3) is 0 Å². The minimum Gasteiger partial charge on any atom is -0.462 e. The second-order valence-electron chi connectivity index (χ2n) is 13.5. The Kier molecular flexibility index (Phi) is 4.91. The normalized spacial score (nSPS) is 53.1. The molecule has 188 valence electrons. The lowest BCUT2D eigenvalue weighted by atomic mass is 9.45. The van der Waals surface area contributed by atoms with E-state index in [4.69, 9.17) is 14.2 Å². The number of hydrogen-bond acceptors (Lipinski definition) is 5. The van der Waals surface area contributed by atoms with E-state index in [0.29, 0.717) is 30.0 Å². The van der Waals surface area contributed by atoms with Gasteiger partial charge in [-0.1, -0.05) is 32.4 Å². The summed E-state index contributed by atoms with van der Waals surface area (Å²) in [6, 6.07) is 0. The van der Waals surface area contributed by atoms with Gasteiger partial charge in [0.25, 0.3) is 0 Å². The van der Waals surface area contributed by atoms with E-state index in [1.807, 2.05) is 0 Å². The number of ketones is 1. The molecule has 0 aromatic rings. The molecular formula is C29H42O5. The number of carbonyl (C=O) groups is 2. The molecule has 2 heterocycles. The van der Waals surface area contributed by atoms with Crippen molar-refractivity contribution in [1.29, 1.82) is 0 Å². The first-order valence-electron chi connectivity index (χ1n) is 13.7. The van der Waals surface area contributed by atoms with E-state index in [1.165, 1.54) is 5.57 Å². The summed E-state index contributed by atoms with van der Waals surface area (Å²) in [4.78, 5) is 24.7. The Hall–Kier alpha value is -1.20. The molecule has 1 spiro atoms. The maximum absolute atomic E-state index is 12.4. The van der Waals surface area contributed by atoms with Crippen LogP contribution in [0.15, 0.2) is 11.6 Å². The Morgan fingerprint density at radius 1 is 1.12 bits per heavy atom. The van der Waals surface area contributed by atoms with E-state index in [1.54, 1.807) is 6.92 Å². The molecule has 2 saturated heterocycles. The van der Waals surface area contributed by atoms with E-state index in [2.05, 4.69) is 40.7 Å². The fourth-order valence-corrected chi connectivity index (χ4v) is 9.72. The van der Waals surface area contributed by atoms with E-state index in [-0.39, 0.29) is 46.4 Å². The number of rotatable bonds is 1. The lowest BCUT2D eigenvalue weighted by Crippen LogP contribution is -2.57. The number of hydrogen-bond donors (Lipinski definition) is 0. The minimum absolute atomic E-state index is 0.0131. The first-order chi connectivity index (χ1) is 15.9. The first kappa shape index (κ1) is 23.2. The summed E-state index contributed by atoms with van der Waals surface area (Å²) < 4.78 is 19.6. The Balaban J connectivity index is 1.40. The summed E-state index contributed by atoms with van der Waals surface area (Å²) in [5, 5.41) is 0. The number of ether oxygens (including phenoxy) is 3. The van der Waals surface area contributed by atoms with Crippen molar-refractivity contribution in [2.24, 2.45) is 40.4 Å². The molecule has 6 aliphatic rings. The SMILES string of the molecule is CC(=O)O[C@@H]1C[C@H]2[C@@H](CC[C@H]3CC(=O)CC[C@@]32C)C2=C[C@@H]3O[C@]4(CCC(C)(C)O4)[C@@H](C)[C@@H]3[C@]21C. The summed E-state index contributed by atoms with van der Waals surface area (Å²) in [5.74, 6) is 1.59. The molecule has 4 aliphatic carbocycles. The molecule has 0 aromatic carbocycles. The van der Waals surface area contributed by atoms with Crippen molar-refractivity contribution >= 4 is 11.8 Å². The molecule has 10 atom stereocenters. The van der Waals surface area contributed by atoms with E-state index in [9.17, 15) is 9.59 Å². The third-order valence-electron chi connectivity index (χ3n) is 11.5. The van der Waals surface area contributed by atoms with Gasteiger partial charge in [-0.25, -0.2) is 0 Å². The predicted octanol–water partition coefficient (Wildman–Crippen LogP) is 5.61. The quantitative estimate of drug-likeness (QED) is 0.368. The highest BCUT2D eigenvalue weighted by Gasteiger charge is 2.70. The van der Waals surface area contributed by atoms with Crippen molar-refractivity contribution in [1.82, 2.24) is 0 Å². The summed E-state index contributed by atoms with van der Waals surface area (Å²) in [6.45, 7) is 13.0. The van der Waals surface area contributed by atoms with Crippen LogP contribution in [0, 0.1) is 40.4 Å². The van der Waals surface area contributed by atoms with Crippen molar-refractivity contribution in [3.63, 3.8) is 0 Å². The van der Waals surface area contributed by atoms with Crippen LogP contribution >= 0.6 is 0 Å². The summed E-state index contributed by atoms with van der Waals surface area (Å²) in [5.41, 5.74) is 1.21. The largest absolute Gasteiger partial charge is 0.462 e. The second kappa shape index (κ2) is 7.18. The van der Waals surface area contributed by atoms with E-state index >= 15 is 0 Å². The van der Waals surface area contributed by atoms with Crippen LogP contribution in [0.1, 0.15) is 92.9 Å². The topological polar surface area (TPSA) is 61.8 Å². The Morgan fingerprint density at radius 2 is 1.88 bits per heavy atom. The number of fused-ring (bicyclic) bond motifs is 7. The maximum atomic E-state index is 12.4. The average molecular weight is 471 g/mol. The third-order valence-corrected chi connectivity index (χ3v) is 11.5. The van der Waals surface area contributed by atoms with E-state index < -0.39 is 5.79 Å². The minimum atomic E-state index is -0.533. The van der Waals surface area contributed by atoms with Crippen molar-refractivity contribution in [3.05, 3.63) is 11.6 Å². The van der Waals surface area contributed by atoms with Crippen molar-refractivity contribution in [3.8, 4) is 0 Å². The fraction of sp³-hybridized carbons (Fsp3) is 0.862. The Morgan fingerprint density at radius 3 is 2.56 bits per heavy atom. The molecule has 0 aromatic heterocycles. The standard InChI is InChI=1S/C29H42O5/c1-16-25-23(33-29(16)12-11-26(3,4)34-29)14-22-20-8-7-18-13-19(31)9-10-27(18,5)21(20)15-24(28(22,25)6)32-17(2)30/h14,16,18,20-21,23-25H,7-13,15H2,1-6H3/t16-,18-,20+,21-,23-,24+,25-,27-,28+,29-/m0/s1. The monoisotopic (exact) mass is 470 g/mol. The van der Waals surface area contributed by atoms with Crippen LogP contribution in [0.3, 0.4) is 0 Å². The van der Waals surface area contributed by atoms with Crippen LogP contribution in [0.4, 0.5) is 0 Å².